The molecule has 6 heteroatoms. The van der Waals surface area contributed by atoms with Crippen LogP contribution >= 0.6 is 0 Å². The highest BCUT2D eigenvalue weighted by molar-refractivity contribution is 5.63. The summed E-state index contributed by atoms with van der Waals surface area (Å²) in [7, 11) is 1.23. The van der Waals surface area contributed by atoms with Crippen LogP contribution in [0, 0.1) is 11.6 Å². The zero-order valence-corrected chi connectivity index (χ0v) is 11.8. The summed E-state index contributed by atoms with van der Waals surface area (Å²) in [5, 5.41) is 4.20. The number of rotatable bonds is 4. The van der Waals surface area contributed by atoms with Gasteiger partial charge in [0.05, 0.1) is 19.9 Å². The van der Waals surface area contributed by atoms with Crippen LogP contribution in [0.3, 0.4) is 0 Å². The highest BCUT2D eigenvalue weighted by Gasteiger charge is 2.13. The first-order valence-electron chi connectivity index (χ1n) is 6.62. The summed E-state index contributed by atoms with van der Waals surface area (Å²) in [6, 6.07) is 6.23. The number of hydrogen-bond donors (Lipinski definition) is 0. The smallest absolute Gasteiger partial charge is 0.190 e. The summed E-state index contributed by atoms with van der Waals surface area (Å²) in [6.45, 7) is 0.537. The Bertz CT molecular complexity index is 764. The molecule has 0 atom stereocenters. The standard InChI is InChI=1S/C16H13F2N3O/c1-22-16-14(17)5-12(6-15(16)18)13-8-20-21(10-13)9-11-3-2-4-19-7-11/h2-8,10H,9H2,1H3. The van der Waals surface area contributed by atoms with Crippen molar-refractivity contribution in [3.8, 4) is 16.9 Å². The monoisotopic (exact) mass is 301 g/mol. The molecule has 0 bridgehead atoms. The molecule has 112 valence electrons. The number of pyridine rings is 1. The average molecular weight is 301 g/mol. The Morgan fingerprint density at radius 2 is 1.91 bits per heavy atom. The third-order valence-electron chi connectivity index (χ3n) is 3.24. The minimum Gasteiger partial charge on any atom is -0.491 e. The van der Waals surface area contributed by atoms with Crippen molar-refractivity contribution >= 4 is 0 Å². The Kier molecular flexibility index (Phi) is 3.82. The maximum atomic E-state index is 13.8. The number of halogens is 2. The van der Waals surface area contributed by atoms with E-state index >= 15 is 0 Å². The Labute approximate surface area is 126 Å². The maximum absolute atomic E-state index is 13.8. The molecule has 22 heavy (non-hydrogen) atoms. The van der Waals surface area contributed by atoms with E-state index in [4.69, 9.17) is 0 Å². The van der Waals surface area contributed by atoms with Gasteiger partial charge >= 0.3 is 0 Å². The Morgan fingerprint density at radius 1 is 1.14 bits per heavy atom. The van der Waals surface area contributed by atoms with Crippen LogP contribution in [0.25, 0.3) is 11.1 Å². The van der Waals surface area contributed by atoms with Crippen molar-refractivity contribution in [1.82, 2.24) is 14.8 Å². The second-order valence-electron chi connectivity index (χ2n) is 4.76. The molecule has 0 fully saturated rings. The van der Waals surface area contributed by atoms with Gasteiger partial charge in [-0.1, -0.05) is 6.07 Å². The van der Waals surface area contributed by atoms with Crippen molar-refractivity contribution in [3.05, 3.63) is 66.3 Å². The van der Waals surface area contributed by atoms with E-state index in [1.165, 1.54) is 19.2 Å². The summed E-state index contributed by atoms with van der Waals surface area (Å²) < 4.78 is 33.9. The van der Waals surface area contributed by atoms with E-state index < -0.39 is 11.6 Å². The first-order chi connectivity index (χ1) is 10.7. The predicted molar refractivity (Wildman–Crippen MR) is 77.5 cm³/mol. The number of hydrogen-bond acceptors (Lipinski definition) is 3. The minimum absolute atomic E-state index is 0.383. The molecule has 2 aromatic heterocycles. The topological polar surface area (TPSA) is 39.9 Å². The van der Waals surface area contributed by atoms with Crippen molar-refractivity contribution < 1.29 is 13.5 Å². The van der Waals surface area contributed by atoms with Gasteiger partial charge in [0.1, 0.15) is 0 Å². The Hall–Kier alpha value is -2.76. The SMILES string of the molecule is COc1c(F)cc(-c2cnn(Cc3cccnc3)c2)cc1F. The molecule has 4 nitrogen and oxygen atoms in total. The van der Waals surface area contributed by atoms with Crippen LogP contribution in [0.15, 0.2) is 49.1 Å². The molecule has 3 rings (SSSR count). The van der Waals surface area contributed by atoms with Gasteiger partial charge in [-0.3, -0.25) is 9.67 Å². The van der Waals surface area contributed by atoms with Crippen molar-refractivity contribution in [2.45, 2.75) is 6.54 Å². The fourth-order valence-electron chi connectivity index (χ4n) is 2.20. The molecule has 0 aliphatic carbocycles. The van der Waals surface area contributed by atoms with Crippen LogP contribution in [-0.4, -0.2) is 21.9 Å². The number of ether oxygens (including phenoxy) is 1. The van der Waals surface area contributed by atoms with E-state index in [0.29, 0.717) is 17.7 Å². The van der Waals surface area contributed by atoms with Crippen LogP contribution in [0.2, 0.25) is 0 Å². The summed E-state index contributed by atoms with van der Waals surface area (Å²) in [5.41, 5.74) is 2.03. The van der Waals surface area contributed by atoms with Gasteiger partial charge in [-0.25, -0.2) is 8.78 Å². The fraction of sp³-hybridized carbons (Fsp3) is 0.125. The van der Waals surface area contributed by atoms with Gasteiger partial charge in [0.15, 0.2) is 17.4 Å². The molecule has 0 spiro atoms. The van der Waals surface area contributed by atoms with Gasteiger partial charge in [0, 0.05) is 24.2 Å². The van der Waals surface area contributed by atoms with E-state index in [1.807, 2.05) is 12.1 Å². The molecule has 0 aliphatic rings. The molecular formula is C16H13F2N3O. The fourth-order valence-corrected chi connectivity index (χ4v) is 2.20. The van der Waals surface area contributed by atoms with E-state index in [2.05, 4.69) is 14.8 Å². The summed E-state index contributed by atoms with van der Waals surface area (Å²) in [6.07, 6.45) is 6.74. The molecule has 0 radical (unpaired) electrons. The number of benzene rings is 1. The number of aromatic nitrogens is 3. The van der Waals surface area contributed by atoms with Crippen LogP contribution < -0.4 is 4.74 Å². The van der Waals surface area contributed by atoms with Crippen LogP contribution in [0.1, 0.15) is 5.56 Å². The van der Waals surface area contributed by atoms with Crippen LogP contribution in [-0.2, 0) is 6.54 Å². The molecule has 1 aromatic carbocycles. The van der Waals surface area contributed by atoms with E-state index in [0.717, 1.165) is 5.56 Å². The Morgan fingerprint density at radius 3 is 2.55 bits per heavy atom. The van der Waals surface area contributed by atoms with Gasteiger partial charge in [-0.15, -0.1) is 0 Å². The molecule has 3 aromatic rings. The highest BCUT2D eigenvalue weighted by Crippen LogP contribution is 2.28. The van der Waals surface area contributed by atoms with Gasteiger partial charge in [0.2, 0.25) is 0 Å². The van der Waals surface area contributed by atoms with Gasteiger partial charge in [0.25, 0.3) is 0 Å². The number of nitrogens with zero attached hydrogens (tertiary/aromatic N) is 3. The molecule has 0 amide bonds. The van der Waals surface area contributed by atoms with E-state index in [9.17, 15) is 8.78 Å². The van der Waals surface area contributed by atoms with Crippen molar-refractivity contribution in [1.29, 1.82) is 0 Å². The summed E-state index contributed by atoms with van der Waals surface area (Å²) >= 11 is 0. The lowest BCUT2D eigenvalue weighted by molar-refractivity contribution is 0.360. The second kappa shape index (κ2) is 5.93. The first kappa shape index (κ1) is 14.2. The number of methoxy groups -OCH3 is 1. The zero-order chi connectivity index (χ0) is 15.5. The third kappa shape index (κ3) is 2.81. The van der Waals surface area contributed by atoms with Crippen molar-refractivity contribution in [2.24, 2.45) is 0 Å². The average Bonchev–Trinajstić information content (AvgIpc) is 2.96. The minimum atomic E-state index is -0.738. The zero-order valence-electron chi connectivity index (χ0n) is 11.8. The van der Waals surface area contributed by atoms with E-state index in [1.54, 1.807) is 29.5 Å². The lowest BCUT2D eigenvalue weighted by Gasteiger charge is -2.05. The van der Waals surface area contributed by atoms with Gasteiger partial charge in [-0.05, 0) is 29.3 Å². The quantitative estimate of drug-likeness (QED) is 0.742. The summed E-state index contributed by atoms with van der Waals surface area (Å²) in [5.74, 6) is -1.86. The molecule has 0 saturated heterocycles. The van der Waals surface area contributed by atoms with E-state index in [-0.39, 0.29) is 5.75 Å². The van der Waals surface area contributed by atoms with Crippen LogP contribution in [0.5, 0.6) is 5.75 Å². The summed E-state index contributed by atoms with van der Waals surface area (Å²) in [4.78, 5) is 4.03. The van der Waals surface area contributed by atoms with Crippen molar-refractivity contribution in [3.63, 3.8) is 0 Å². The lowest BCUT2D eigenvalue weighted by Crippen LogP contribution is -1.99. The highest BCUT2D eigenvalue weighted by atomic mass is 19.1. The molecule has 0 N–H and O–H groups in total. The van der Waals surface area contributed by atoms with Gasteiger partial charge < -0.3 is 4.74 Å². The molecular weight excluding hydrogens is 288 g/mol. The molecule has 2 heterocycles. The third-order valence-corrected chi connectivity index (χ3v) is 3.24. The molecule has 0 aliphatic heterocycles. The second-order valence-corrected chi connectivity index (χ2v) is 4.76. The lowest BCUT2D eigenvalue weighted by atomic mass is 10.1. The van der Waals surface area contributed by atoms with Crippen LogP contribution in [0.4, 0.5) is 8.78 Å². The molecule has 0 saturated carbocycles. The first-order valence-corrected chi connectivity index (χ1v) is 6.62. The molecule has 0 unspecified atom stereocenters. The Balaban J connectivity index is 1.88. The predicted octanol–water partition coefficient (Wildman–Crippen LogP) is 3.28. The normalized spacial score (nSPS) is 10.7. The largest absolute Gasteiger partial charge is 0.491 e. The van der Waals surface area contributed by atoms with Crippen molar-refractivity contribution in [2.75, 3.05) is 7.11 Å². The maximum Gasteiger partial charge on any atom is 0.190 e. The van der Waals surface area contributed by atoms with Gasteiger partial charge in [-0.2, -0.15) is 5.10 Å².